The van der Waals surface area contributed by atoms with Gasteiger partial charge in [-0.3, -0.25) is 28.2 Å². The van der Waals surface area contributed by atoms with Gasteiger partial charge >= 0.3 is 12.7 Å². The van der Waals surface area contributed by atoms with Crippen molar-refractivity contribution in [1.29, 1.82) is 0 Å². The Kier molecular flexibility index (Phi) is 9.10. The van der Waals surface area contributed by atoms with Gasteiger partial charge in [0.2, 0.25) is 5.95 Å². The minimum Gasteiger partial charge on any atom is -0.465 e. The van der Waals surface area contributed by atoms with Crippen molar-refractivity contribution in [2.75, 3.05) is 18.9 Å². The number of rotatable bonds is 13. The van der Waals surface area contributed by atoms with Crippen LogP contribution in [0.1, 0.15) is 12.1 Å². The second kappa shape index (κ2) is 12.5. The van der Waals surface area contributed by atoms with Crippen LogP contribution >= 0.6 is 39.3 Å². The molecule has 1 aliphatic rings. The first kappa shape index (κ1) is 30.7. The number of alkyl halides is 2. The van der Waals surface area contributed by atoms with Crippen molar-refractivity contribution in [2.24, 2.45) is 0 Å². The number of aromatic nitrogens is 8. The third kappa shape index (κ3) is 6.14. The van der Waals surface area contributed by atoms with Crippen LogP contribution < -0.4 is 11.3 Å². The molecule has 42 heavy (non-hydrogen) atoms. The van der Waals surface area contributed by atoms with E-state index in [1.807, 2.05) is 0 Å². The van der Waals surface area contributed by atoms with Crippen molar-refractivity contribution in [1.82, 2.24) is 39.0 Å². The lowest BCUT2D eigenvalue weighted by Gasteiger charge is -2.26. The lowest BCUT2D eigenvalue weighted by atomic mass is 10.1. The molecule has 5 heterocycles. The largest absolute Gasteiger partial charge is 0.465 e. The number of thiol groups is 2. The predicted octanol–water partition coefficient (Wildman–Crippen LogP) is 1.64. The third-order valence-corrected chi connectivity index (χ3v) is 8.28. The van der Waals surface area contributed by atoms with E-state index in [2.05, 4.69) is 59.1 Å². The van der Waals surface area contributed by atoms with E-state index in [0.717, 1.165) is 10.9 Å². The Hall–Kier alpha value is -2.77. The Balaban J connectivity index is 1.43. The number of nitrogens with zero attached hydrogens (tertiary/aromatic N) is 7. The van der Waals surface area contributed by atoms with Crippen molar-refractivity contribution in [3.63, 3.8) is 0 Å². The molecule has 0 radical (unpaired) electrons. The van der Waals surface area contributed by atoms with E-state index in [1.54, 1.807) is 4.57 Å². The van der Waals surface area contributed by atoms with Gasteiger partial charge in [-0.1, -0.05) is 12.2 Å². The first-order valence-electron chi connectivity index (χ1n) is 11.7. The number of nitrogens with one attached hydrogen (secondary N) is 1. The van der Waals surface area contributed by atoms with E-state index < -0.39 is 49.9 Å². The van der Waals surface area contributed by atoms with Crippen LogP contribution in [0.5, 0.6) is 0 Å². The van der Waals surface area contributed by atoms with Crippen LogP contribution in [0.4, 0.5) is 14.7 Å². The number of imidazole rings is 2. The molecule has 1 saturated heterocycles. The average Bonchev–Trinajstić information content (AvgIpc) is 3.59. The summed E-state index contributed by atoms with van der Waals surface area (Å²) in [6.45, 7) is -5.53. The molecule has 17 nitrogen and oxygen atoms in total. The van der Waals surface area contributed by atoms with Crippen molar-refractivity contribution < 1.29 is 41.2 Å². The molecule has 5 rings (SSSR count). The molecule has 0 aromatic carbocycles. The zero-order valence-electron chi connectivity index (χ0n) is 20.9. The molecular formula is C19H21F2N9O8P2S2. The molecule has 0 spiro atoms. The smallest absolute Gasteiger partial charge is 0.387 e. The fourth-order valence-electron chi connectivity index (χ4n) is 4.21. The van der Waals surface area contributed by atoms with Gasteiger partial charge in [0.25, 0.3) is 12.0 Å². The fourth-order valence-corrected chi connectivity index (χ4v) is 6.01. The van der Waals surface area contributed by atoms with Crippen LogP contribution in [-0.2, 0) is 45.6 Å². The average molecular weight is 668 g/mol. The Morgan fingerprint density at radius 2 is 2.12 bits per heavy atom. The Bertz CT molecular complexity index is 1710. The molecule has 0 bridgehead atoms. The summed E-state index contributed by atoms with van der Waals surface area (Å²) in [4.78, 5) is 45.4. The van der Waals surface area contributed by atoms with Crippen LogP contribution in [0, 0.1) is 0 Å². The number of nitrogens with two attached hydrogens (primary N) is 1. The minimum atomic E-state index is -4.61. The number of hydrogen-bond acceptors (Lipinski definition) is 15. The number of halogens is 2. The maximum atomic E-state index is 15.6. The molecule has 23 heteroatoms. The maximum absolute atomic E-state index is 15.6. The summed E-state index contributed by atoms with van der Waals surface area (Å²) in [7, 11) is -0.0689. The number of H-pyrrole nitrogens is 1. The van der Waals surface area contributed by atoms with E-state index in [4.69, 9.17) is 24.0 Å². The van der Waals surface area contributed by atoms with E-state index in [9.17, 15) is 14.2 Å². The van der Waals surface area contributed by atoms with Gasteiger partial charge in [-0.2, -0.15) is 4.98 Å². The summed E-state index contributed by atoms with van der Waals surface area (Å²) in [5, 5.41) is 0. The molecule has 1 fully saturated rings. The number of carbonyl (C=O) groups is 1. The van der Waals surface area contributed by atoms with Crippen LogP contribution in [0.25, 0.3) is 22.3 Å². The zero-order chi connectivity index (χ0) is 30.1. The van der Waals surface area contributed by atoms with Crippen molar-refractivity contribution in [2.45, 2.75) is 37.5 Å². The number of fused-ring (bicyclic) bond motifs is 2. The van der Waals surface area contributed by atoms with Crippen LogP contribution in [0.15, 0.2) is 23.6 Å². The normalized spacial score (nSPS) is 21.9. The first-order valence-corrected chi connectivity index (χ1v) is 16.6. The lowest BCUT2D eigenvalue weighted by molar-refractivity contribution is -0.146. The highest BCUT2D eigenvalue weighted by atomic mass is 32.7. The van der Waals surface area contributed by atoms with Gasteiger partial charge in [-0.05, 0) is 0 Å². The number of nitrogen functional groups attached to an aromatic ring is 1. The number of aromatic amines is 1. The van der Waals surface area contributed by atoms with Crippen LogP contribution in [0.3, 0.4) is 0 Å². The molecule has 5 atom stereocenters. The molecule has 1 aliphatic heterocycles. The number of carbonyl (C=O) groups excluding carboxylic acids is 1. The molecule has 226 valence electrons. The van der Waals surface area contributed by atoms with Crippen molar-refractivity contribution in [3.8, 4) is 0 Å². The topological polar surface area (TPSA) is 213 Å². The Labute approximate surface area is 245 Å². The highest BCUT2D eigenvalue weighted by molar-refractivity contribution is 8.44. The molecule has 0 saturated carbocycles. The van der Waals surface area contributed by atoms with Gasteiger partial charge < -0.3 is 24.3 Å². The minimum absolute atomic E-state index is 0.0398. The van der Waals surface area contributed by atoms with E-state index >= 15 is 8.78 Å². The van der Waals surface area contributed by atoms with E-state index in [-0.39, 0.29) is 50.6 Å². The van der Waals surface area contributed by atoms with Gasteiger partial charge in [0.05, 0.1) is 27.1 Å². The summed E-state index contributed by atoms with van der Waals surface area (Å²) in [6.07, 6.45) is -2.45. The summed E-state index contributed by atoms with van der Waals surface area (Å²) >= 11 is 7.94. The zero-order valence-corrected chi connectivity index (χ0v) is 24.6. The van der Waals surface area contributed by atoms with E-state index in [0.29, 0.717) is 11.2 Å². The molecule has 4 aromatic rings. The lowest BCUT2D eigenvalue weighted by Crippen LogP contribution is -2.42. The maximum Gasteiger partial charge on any atom is 0.387 e. The molecule has 4 aromatic heterocycles. The Morgan fingerprint density at radius 3 is 2.88 bits per heavy atom. The summed E-state index contributed by atoms with van der Waals surface area (Å²) in [5.41, 5.74) is 5.23. The van der Waals surface area contributed by atoms with Crippen LogP contribution in [-0.4, -0.2) is 76.9 Å². The van der Waals surface area contributed by atoms with E-state index in [1.165, 1.54) is 12.5 Å². The van der Waals surface area contributed by atoms with Gasteiger partial charge in [0, 0.05) is 6.54 Å². The SMILES string of the molecule is Nc1nc2c(ncn2[C@@H]2O[C@H](COC=O)C(F)(F)[C@H]2OP(=O)(S)OCc2nc3cncnc3n2CCOPS)c(=O)[nH]1. The monoisotopic (exact) mass is 667 g/mol. The highest BCUT2D eigenvalue weighted by Gasteiger charge is 2.63. The molecule has 0 aliphatic carbocycles. The van der Waals surface area contributed by atoms with Gasteiger partial charge in [0.15, 0.2) is 35.2 Å². The molecular weight excluding hydrogens is 646 g/mol. The third-order valence-electron chi connectivity index (χ3n) is 5.99. The number of anilines is 1. The summed E-state index contributed by atoms with van der Waals surface area (Å²) in [6, 6.07) is 0. The molecule has 0 amide bonds. The highest BCUT2D eigenvalue weighted by Crippen LogP contribution is 2.59. The molecule has 2 unspecified atom stereocenters. The standard InChI is InChI=1S/C19H21F2N9O8P2S2/c20-19(21)10(4-34-8-31)37-17(30-7-25-12-15(30)27-18(22)28-16(12)32)13(19)38-40(33,42)36-5-11-26-9-3-23-6-24-14(9)29(11)1-2-35-39-41/h3,6-8,10,13,17,39,41H,1-2,4-5H2,(H,33,42)(H3,22,27,28,32)/t10-,13+,17-,40?/m1/s1. The molecule has 3 N–H and O–H groups in total. The van der Waals surface area contributed by atoms with Crippen molar-refractivity contribution in [3.05, 3.63) is 35.0 Å². The summed E-state index contributed by atoms with van der Waals surface area (Å²) < 4.78 is 73.0. The Morgan fingerprint density at radius 1 is 1.31 bits per heavy atom. The summed E-state index contributed by atoms with van der Waals surface area (Å²) in [5.74, 6) is -4.04. The number of ether oxygens (including phenoxy) is 2. The fraction of sp³-hybridized carbons (Fsp3) is 0.421. The second-order valence-electron chi connectivity index (χ2n) is 8.51. The van der Waals surface area contributed by atoms with Crippen molar-refractivity contribution >= 4 is 74.1 Å². The predicted molar refractivity (Wildman–Crippen MR) is 148 cm³/mol. The first-order chi connectivity index (χ1) is 20.1. The van der Waals surface area contributed by atoms with Gasteiger partial charge in [-0.15, -0.1) is 12.2 Å². The quantitative estimate of drug-likeness (QED) is 0.0691. The number of hydrogen-bond donors (Lipinski definition) is 4. The van der Waals surface area contributed by atoms with Gasteiger partial charge in [0.1, 0.15) is 30.9 Å². The second-order valence-corrected chi connectivity index (χ2v) is 12.4. The van der Waals surface area contributed by atoms with Crippen LogP contribution in [0.2, 0.25) is 0 Å². The van der Waals surface area contributed by atoms with Gasteiger partial charge in [-0.25, -0.2) is 33.3 Å².